The zero-order valence-electron chi connectivity index (χ0n) is 15.5. The van der Waals surface area contributed by atoms with Crippen LogP contribution in [0.3, 0.4) is 0 Å². The summed E-state index contributed by atoms with van der Waals surface area (Å²) >= 11 is 0. The second kappa shape index (κ2) is 8.75. The van der Waals surface area contributed by atoms with Crippen LogP contribution in [0.2, 0.25) is 0 Å². The Morgan fingerprint density at radius 3 is 1.73 bits per heavy atom. The van der Waals surface area contributed by atoms with Gasteiger partial charge in [0, 0.05) is 11.1 Å². The van der Waals surface area contributed by atoms with E-state index in [-0.39, 0.29) is 5.91 Å². The molecule has 0 heterocycles. The molecule has 0 unspecified atom stereocenters. The molecule has 0 aliphatic heterocycles. The Morgan fingerprint density at radius 1 is 0.769 bits per heavy atom. The molecule has 7 heteroatoms. The van der Waals surface area contributed by atoms with Crippen LogP contribution in [0.5, 0.6) is 23.0 Å². The Bertz CT molecular complexity index is 818. The quantitative estimate of drug-likeness (QED) is 0.608. The second-order valence-corrected chi connectivity index (χ2v) is 5.28. The number of carbonyl (C=O) groups is 1. The van der Waals surface area contributed by atoms with Gasteiger partial charge in [-0.2, -0.15) is 5.10 Å². The van der Waals surface area contributed by atoms with Crippen molar-refractivity contribution in [3.8, 4) is 23.0 Å². The Morgan fingerprint density at radius 2 is 1.23 bits per heavy atom. The van der Waals surface area contributed by atoms with E-state index < -0.39 is 0 Å². The minimum atomic E-state index is -0.356. The first kappa shape index (κ1) is 19.1. The van der Waals surface area contributed by atoms with Crippen molar-refractivity contribution in [1.82, 2.24) is 5.43 Å². The fourth-order valence-corrected chi connectivity index (χ4v) is 2.30. The van der Waals surface area contributed by atoms with E-state index in [1.165, 1.54) is 14.2 Å². The molecule has 0 aliphatic carbocycles. The fourth-order valence-electron chi connectivity index (χ4n) is 2.30. The van der Waals surface area contributed by atoms with Gasteiger partial charge in [-0.1, -0.05) is 0 Å². The number of carbonyl (C=O) groups excluding carboxylic acids is 1. The van der Waals surface area contributed by atoms with Crippen molar-refractivity contribution >= 4 is 11.6 Å². The van der Waals surface area contributed by atoms with E-state index >= 15 is 0 Å². The van der Waals surface area contributed by atoms with E-state index in [9.17, 15) is 4.79 Å². The summed E-state index contributed by atoms with van der Waals surface area (Å²) in [6.07, 6.45) is 0. The van der Waals surface area contributed by atoms with Crippen molar-refractivity contribution in [3.63, 3.8) is 0 Å². The van der Waals surface area contributed by atoms with Crippen LogP contribution < -0.4 is 24.4 Å². The molecule has 0 saturated carbocycles. The van der Waals surface area contributed by atoms with Gasteiger partial charge in [0.05, 0.1) is 34.2 Å². The Hall–Kier alpha value is -3.22. The van der Waals surface area contributed by atoms with E-state index in [1.807, 2.05) is 6.07 Å². The predicted octanol–water partition coefficient (Wildman–Crippen LogP) is 2.88. The summed E-state index contributed by atoms with van der Waals surface area (Å²) in [7, 11) is 6.18. The van der Waals surface area contributed by atoms with Gasteiger partial charge in [0.2, 0.25) is 0 Å². The lowest BCUT2D eigenvalue weighted by Gasteiger charge is -2.10. The lowest BCUT2D eigenvalue weighted by Crippen LogP contribution is -2.19. The molecule has 0 radical (unpaired) electrons. The molecule has 0 aliphatic rings. The van der Waals surface area contributed by atoms with Crippen molar-refractivity contribution in [2.24, 2.45) is 5.10 Å². The highest BCUT2D eigenvalue weighted by Crippen LogP contribution is 2.28. The van der Waals surface area contributed by atoms with Crippen molar-refractivity contribution in [3.05, 3.63) is 47.5 Å². The van der Waals surface area contributed by atoms with Crippen molar-refractivity contribution < 1.29 is 23.7 Å². The fraction of sp³-hybridized carbons (Fsp3) is 0.263. The smallest absolute Gasteiger partial charge is 0.271 e. The molecule has 138 valence electrons. The number of amides is 1. The standard InChI is InChI=1S/C19H22N2O5/c1-12(13-6-8-15(23-2)17(10-13)25-4)20-21-19(22)14-7-9-16(24-3)18(11-14)26-5/h6-11H,1-5H3,(H,21,22)/b20-12+. The largest absolute Gasteiger partial charge is 0.493 e. The number of methoxy groups -OCH3 is 4. The predicted molar refractivity (Wildman–Crippen MR) is 98.8 cm³/mol. The highest BCUT2D eigenvalue weighted by molar-refractivity contribution is 6.01. The topological polar surface area (TPSA) is 78.4 Å². The Kier molecular flexibility index (Phi) is 6.43. The van der Waals surface area contributed by atoms with Crippen LogP contribution in [-0.4, -0.2) is 40.1 Å². The van der Waals surface area contributed by atoms with Crippen LogP contribution in [0.4, 0.5) is 0 Å². The lowest BCUT2D eigenvalue weighted by molar-refractivity contribution is 0.0954. The molecule has 0 fully saturated rings. The molecule has 2 rings (SSSR count). The summed E-state index contributed by atoms with van der Waals surface area (Å²) in [5.74, 6) is 1.88. The van der Waals surface area contributed by atoms with Gasteiger partial charge in [-0.25, -0.2) is 5.43 Å². The first-order chi connectivity index (χ1) is 12.5. The number of hydrogen-bond donors (Lipinski definition) is 1. The maximum Gasteiger partial charge on any atom is 0.271 e. The van der Waals surface area contributed by atoms with Crippen molar-refractivity contribution in [2.75, 3.05) is 28.4 Å². The van der Waals surface area contributed by atoms with Crippen molar-refractivity contribution in [1.29, 1.82) is 0 Å². The van der Waals surface area contributed by atoms with Crippen LogP contribution in [0, 0.1) is 0 Å². The third kappa shape index (κ3) is 4.24. The van der Waals surface area contributed by atoms with Crippen LogP contribution in [-0.2, 0) is 0 Å². The maximum absolute atomic E-state index is 12.3. The normalized spacial score (nSPS) is 10.9. The first-order valence-corrected chi connectivity index (χ1v) is 7.83. The highest BCUT2D eigenvalue weighted by Gasteiger charge is 2.11. The number of hydrazone groups is 1. The average Bonchev–Trinajstić information content (AvgIpc) is 2.70. The van der Waals surface area contributed by atoms with Gasteiger partial charge in [-0.05, 0) is 43.3 Å². The molecule has 0 spiro atoms. The van der Waals surface area contributed by atoms with E-state index in [2.05, 4.69) is 10.5 Å². The van der Waals surface area contributed by atoms with Crippen LogP contribution in [0.25, 0.3) is 0 Å². The summed E-state index contributed by atoms with van der Waals surface area (Å²) in [6, 6.07) is 10.3. The minimum absolute atomic E-state index is 0.356. The van der Waals surface area contributed by atoms with Crippen LogP contribution in [0.15, 0.2) is 41.5 Å². The van der Waals surface area contributed by atoms with Crippen molar-refractivity contribution in [2.45, 2.75) is 6.92 Å². The summed E-state index contributed by atoms with van der Waals surface area (Å²) in [4.78, 5) is 12.3. The molecule has 2 aromatic carbocycles. The third-order valence-corrected chi connectivity index (χ3v) is 3.77. The SMILES string of the molecule is COc1ccc(C(=O)N/N=C(\C)c2ccc(OC)c(OC)c2)cc1OC. The maximum atomic E-state index is 12.3. The number of rotatable bonds is 7. The molecule has 0 saturated heterocycles. The molecule has 1 amide bonds. The Balaban J connectivity index is 2.17. The molecule has 26 heavy (non-hydrogen) atoms. The van der Waals surface area contributed by atoms with Gasteiger partial charge in [0.25, 0.3) is 5.91 Å². The Labute approximate surface area is 152 Å². The molecular formula is C19H22N2O5. The summed E-state index contributed by atoms with van der Waals surface area (Å²) in [6.45, 7) is 1.79. The van der Waals surface area contributed by atoms with Crippen LogP contribution in [0.1, 0.15) is 22.8 Å². The zero-order valence-corrected chi connectivity index (χ0v) is 15.5. The molecule has 1 N–H and O–H groups in total. The van der Waals surface area contributed by atoms with E-state index in [1.54, 1.807) is 51.5 Å². The second-order valence-electron chi connectivity index (χ2n) is 5.28. The van der Waals surface area contributed by atoms with Gasteiger partial charge in [-0.15, -0.1) is 0 Å². The van der Waals surface area contributed by atoms with Gasteiger partial charge < -0.3 is 18.9 Å². The number of ether oxygens (including phenoxy) is 4. The third-order valence-electron chi connectivity index (χ3n) is 3.77. The van der Waals surface area contributed by atoms with Gasteiger partial charge in [0.15, 0.2) is 23.0 Å². The number of benzene rings is 2. The number of hydrogen-bond acceptors (Lipinski definition) is 6. The molecule has 0 atom stereocenters. The molecule has 0 bridgehead atoms. The molecule has 0 aromatic heterocycles. The van der Waals surface area contributed by atoms with Crippen LogP contribution >= 0.6 is 0 Å². The van der Waals surface area contributed by atoms with E-state index in [0.717, 1.165) is 5.56 Å². The number of nitrogens with zero attached hydrogens (tertiary/aromatic N) is 1. The lowest BCUT2D eigenvalue weighted by atomic mass is 10.1. The summed E-state index contributed by atoms with van der Waals surface area (Å²) < 4.78 is 20.9. The first-order valence-electron chi connectivity index (χ1n) is 7.83. The molecular weight excluding hydrogens is 336 g/mol. The molecule has 2 aromatic rings. The van der Waals surface area contributed by atoms with Gasteiger partial charge >= 0.3 is 0 Å². The van der Waals surface area contributed by atoms with Gasteiger partial charge in [0.1, 0.15) is 0 Å². The zero-order chi connectivity index (χ0) is 19.1. The monoisotopic (exact) mass is 358 g/mol. The van der Waals surface area contributed by atoms with E-state index in [4.69, 9.17) is 18.9 Å². The highest BCUT2D eigenvalue weighted by atomic mass is 16.5. The van der Waals surface area contributed by atoms with E-state index in [0.29, 0.717) is 34.3 Å². The number of nitrogens with one attached hydrogen (secondary N) is 1. The molecule has 7 nitrogen and oxygen atoms in total. The minimum Gasteiger partial charge on any atom is -0.493 e. The average molecular weight is 358 g/mol. The summed E-state index contributed by atoms with van der Waals surface area (Å²) in [5, 5.41) is 4.15. The summed E-state index contributed by atoms with van der Waals surface area (Å²) in [5.41, 5.74) is 4.37. The van der Waals surface area contributed by atoms with Gasteiger partial charge in [-0.3, -0.25) is 4.79 Å².